The van der Waals surface area contributed by atoms with Crippen LogP contribution in [0.1, 0.15) is 43.6 Å². The van der Waals surface area contributed by atoms with Gasteiger partial charge in [-0.3, -0.25) is 10.1 Å². The maximum absolute atomic E-state index is 12.3. The summed E-state index contributed by atoms with van der Waals surface area (Å²) in [6.45, 7) is 6.69. The molecule has 0 saturated carbocycles. The molecule has 0 saturated heterocycles. The first-order valence-corrected chi connectivity index (χ1v) is 11.3. The van der Waals surface area contributed by atoms with E-state index >= 15 is 0 Å². The number of carbonyl (C=O) groups excluding carboxylic acids is 3. The predicted molar refractivity (Wildman–Crippen MR) is 118 cm³/mol. The molecule has 2 rings (SSSR count). The van der Waals surface area contributed by atoms with Crippen molar-refractivity contribution in [3.63, 3.8) is 0 Å². The van der Waals surface area contributed by atoms with Crippen LogP contribution in [-0.4, -0.2) is 38.0 Å². The van der Waals surface area contributed by atoms with E-state index in [1.54, 1.807) is 20.8 Å². The molecule has 0 aliphatic heterocycles. The van der Waals surface area contributed by atoms with E-state index in [-0.39, 0.29) is 17.0 Å². The lowest BCUT2D eigenvalue weighted by molar-refractivity contribution is -0.127. The highest BCUT2D eigenvalue weighted by Crippen LogP contribution is 2.15. The lowest BCUT2D eigenvalue weighted by Gasteiger charge is -2.20. The van der Waals surface area contributed by atoms with Crippen LogP contribution < -0.4 is 15.4 Å². The van der Waals surface area contributed by atoms with Crippen LogP contribution in [0.25, 0.3) is 0 Å². The summed E-state index contributed by atoms with van der Waals surface area (Å²) in [4.78, 5) is 36.3. The zero-order valence-electron chi connectivity index (χ0n) is 18.3. The van der Waals surface area contributed by atoms with Crippen molar-refractivity contribution in [3.05, 3.63) is 65.7 Å². The third kappa shape index (κ3) is 7.78. The quantitative estimate of drug-likeness (QED) is 0.543. The van der Waals surface area contributed by atoms with Gasteiger partial charge in [-0.1, -0.05) is 30.3 Å². The second kappa shape index (κ2) is 10.4. The lowest BCUT2D eigenvalue weighted by Crippen LogP contribution is -2.44. The van der Waals surface area contributed by atoms with Gasteiger partial charge in [-0.25, -0.2) is 22.7 Å². The first kappa shape index (κ1) is 25.0. The second-order valence-corrected chi connectivity index (χ2v) is 9.77. The van der Waals surface area contributed by atoms with Crippen LogP contribution in [0.2, 0.25) is 0 Å². The SMILES string of the molecule is CC(OC(=O)c1ccc(S(=O)(=O)NC(C)(C)C)cc1)C(=O)NC(=O)NCc1ccccc1. The molecule has 0 aliphatic carbocycles. The third-order valence-electron chi connectivity index (χ3n) is 4.03. The fraction of sp³-hybridized carbons (Fsp3) is 0.318. The van der Waals surface area contributed by atoms with E-state index < -0.39 is 39.6 Å². The Bertz CT molecular complexity index is 1060. The molecular formula is C22H27N3O6S. The second-order valence-electron chi connectivity index (χ2n) is 8.08. The minimum absolute atomic E-state index is 0.00939. The van der Waals surface area contributed by atoms with Crippen molar-refractivity contribution in [1.82, 2.24) is 15.4 Å². The van der Waals surface area contributed by atoms with Gasteiger partial charge in [0.15, 0.2) is 6.10 Å². The Morgan fingerprint density at radius 3 is 2.12 bits per heavy atom. The van der Waals surface area contributed by atoms with E-state index in [1.165, 1.54) is 31.2 Å². The Balaban J connectivity index is 1.89. The van der Waals surface area contributed by atoms with Gasteiger partial charge in [0.2, 0.25) is 10.0 Å². The number of urea groups is 1. The minimum atomic E-state index is -3.75. The Kier molecular flexibility index (Phi) is 8.12. The summed E-state index contributed by atoms with van der Waals surface area (Å²) < 4.78 is 32.2. The summed E-state index contributed by atoms with van der Waals surface area (Å²) in [6, 6.07) is 13.5. The first-order chi connectivity index (χ1) is 14.9. The van der Waals surface area contributed by atoms with Crippen LogP contribution in [0.15, 0.2) is 59.5 Å². The number of carbonyl (C=O) groups is 3. The van der Waals surface area contributed by atoms with Crippen LogP contribution in [-0.2, 0) is 26.1 Å². The van der Waals surface area contributed by atoms with Gasteiger partial charge in [0, 0.05) is 12.1 Å². The summed E-state index contributed by atoms with van der Waals surface area (Å²) in [5, 5.41) is 4.64. The van der Waals surface area contributed by atoms with Crippen molar-refractivity contribution in [1.29, 1.82) is 0 Å². The van der Waals surface area contributed by atoms with E-state index in [1.807, 2.05) is 30.3 Å². The molecule has 1 unspecified atom stereocenters. The molecule has 2 aromatic rings. The number of sulfonamides is 1. The highest BCUT2D eigenvalue weighted by molar-refractivity contribution is 7.89. The highest BCUT2D eigenvalue weighted by atomic mass is 32.2. The van der Waals surface area contributed by atoms with Crippen molar-refractivity contribution >= 4 is 27.9 Å². The molecule has 32 heavy (non-hydrogen) atoms. The van der Waals surface area contributed by atoms with Gasteiger partial charge in [0.05, 0.1) is 10.5 Å². The largest absolute Gasteiger partial charge is 0.449 e. The third-order valence-corrected chi connectivity index (χ3v) is 5.80. The average molecular weight is 462 g/mol. The Labute approximate surface area is 187 Å². The number of amides is 3. The number of esters is 1. The summed E-state index contributed by atoms with van der Waals surface area (Å²) in [5.41, 5.74) is 0.262. The van der Waals surface area contributed by atoms with Gasteiger partial charge in [0.1, 0.15) is 0 Å². The molecule has 3 N–H and O–H groups in total. The van der Waals surface area contributed by atoms with Gasteiger partial charge in [-0.15, -0.1) is 0 Å². The number of hydrogen-bond donors (Lipinski definition) is 3. The minimum Gasteiger partial charge on any atom is -0.449 e. The molecular weight excluding hydrogens is 434 g/mol. The van der Waals surface area contributed by atoms with E-state index in [0.29, 0.717) is 0 Å². The van der Waals surface area contributed by atoms with Crippen molar-refractivity contribution < 1.29 is 27.5 Å². The van der Waals surface area contributed by atoms with Gasteiger partial charge >= 0.3 is 12.0 Å². The van der Waals surface area contributed by atoms with Gasteiger partial charge in [-0.05, 0) is 57.5 Å². The van der Waals surface area contributed by atoms with Crippen LogP contribution in [0.3, 0.4) is 0 Å². The van der Waals surface area contributed by atoms with Gasteiger partial charge in [0.25, 0.3) is 5.91 Å². The van der Waals surface area contributed by atoms with Gasteiger partial charge in [-0.2, -0.15) is 0 Å². The normalized spacial score (nSPS) is 12.5. The molecule has 0 aromatic heterocycles. The zero-order chi connectivity index (χ0) is 23.9. The average Bonchev–Trinajstić information content (AvgIpc) is 2.71. The molecule has 0 radical (unpaired) electrons. The topological polar surface area (TPSA) is 131 Å². The van der Waals surface area contributed by atoms with Crippen LogP contribution in [0.4, 0.5) is 4.79 Å². The van der Waals surface area contributed by atoms with Gasteiger partial charge < -0.3 is 10.1 Å². The number of benzene rings is 2. The number of imide groups is 1. The maximum Gasteiger partial charge on any atom is 0.338 e. The predicted octanol–water partition coefficient (Wildman–Crippen LogP) is 2.33. The molecule has 10 heteroatoms. The fourth-order valence-corrected chi connectivity index (χ4v) is 3.97. The lowest BCUT2D eigenvalue weighted by atomic mass is 10.1. The van der Waals surface area contributed by atoms with E-state index in [9.17, 15) is 22.8 Å². The number of ether oxygens (including phenoxy) is 1. The number of nitrogens with one attached hydrogen (secondary N) is 3. The first-order valence-electron chi connectivity index (χ1n) is 9.85. The Morgan fingerprint density at radius 2 is 1.56 bits per heavy atom. The number of rotatable bonds is 7. The summed E-state index contributed by atoms with van der Waals surface area (Å²) >= 11 is 0. The molecule has 0 bridgehead atoms. The van der Waals surface area contributed by atoms with Crippen molar-refractivity contribution in [2.24, 2.45) is 0 Å². The Morgan fingerprint density at radius 1 is 0.969 bits per heavy atom. The Hall–Kier alpha value is -3.24. The molecule has 0 heterocycles. The van der Waals surface area contributed by atoms with Crippen molar-refractivity contribution in [2.75, 3.05) is 0 Å². The molecule has 0 aliphatic rings. The molecule has 1 atom stereocenters. The van der Waals surface area contributed by atoms with Crippen LogP contribution in [0, 0.1) is 0 Å². The van der Waals surface area contributed by atoms with Crippen molar-refractivity contribution in [3.8, 4) is 0 Å². The monoisotopic (exact) mass is 461 g/mol. The van der Waals surface area contributed by atoms with Crippen molar-refractivity contribution in [2.45, 2.75) is 50.8 Å². The standard InChI is InChI=1S/C22H27N3O6S/c1-15(19(26)24-21(28)23-14-16-8-6-5-7-9-16)31-20(27)17-10-12-18(13-11-17)32(29,30)25-22(2,3)4/h5-13,15,25H,14H2,1-4H3,(H2,23,24,26,28). The maximum atomic E-state index is 12.3. The highest BCUT2D eigenvalue weighted by Gasteiger charge is 2.24. The smallest absolute Gasteiger partial charge is 0.338 e. The van der Waals surface area contributed by atoms with Crippen LogP contribution >= 0.6 is 0 Å². The number of hydrogen-bond acceptors (Lipinski definition) is 6. The summed E-state index contributed by atoms with van der Waals surface area (Å²) in [6.07, 6.45) is -1.24. The van der Waals surface area contributed by atoms with E-state index in [0.717, 1.165) is 5.56 Å². The molecule has 172 valence electrons. The van der Waals surface area contributed by atoms with E-state index in [4.69, 9.17) is 4.74 Å². The zero-order valence-corrected chi connectivity index (χ0v) is 19.2. The molecule has 0 spiro atoms. The molecule has 2 aromatic carbocycles. The molecule has 0 fully saturated rings. The molecule has 9 nitrogen and oxygen atoms in total. The summed E-state index contributed by atoms with van der Waals surface area (Å²) in [5.74, 6) is -1.62. The molecule has 3 amide bonds. The van der Waals surface area contributed by atoms with E-state index in [2.05, 4.69) is 15.4 Å². The van der Waals surface area contributed by atoms with Crippen LogP contribution in [0.5, 0.6) is 0 Å². The fourth-order valence-electron chi connectivity index (χ4n) is 2.55. The summed E-state index contributed by atoms with van der Waals surface area (Å²) in [7, 11) is -3.75.